The second-order valence-corrected chi connectivity index (χ2v) is 10.7. The zero-order chi connectivity index (χ0) is 23.4. The fourth-order valence-electron chi connectivity index (χ4n) is 4.99. The van der Waals surface area contributed by atoms with Crippen LogP contribution in [0, 0.1) is 0 Å². The van der Waals surface area contributed by atoms with E-state index in [1.165, 1.54) is 16.1 Å². The Balaban J connectivity index is 1.23. The van der Waals surface area contributed by atoms with Gasteiger partial charge in [0.05, 0.1) is 22.0 Å². The summed E-state index contributed by atoms with van der Waals surface area (Å²) in [6.07, 6.45) is 4.43. The quantitative estimate of drug-likeness (QED) is 0.484. The van der Waals surface area contributed by atoms with E-state index in [9.17, 15) is 18.0 Å². The standard InChI is InChI=1S/C24H23N5O4S/c30-23-19-6-1-2-7-21(19)29-22(26-23)20(15-25-29)24(31)27-10-12-28(13-11-27)34(32,33)18-9-8-16-4-3-5-17(16)14-18/h1-2,6-9,14-15H,3-5,10-13H2,(H,26,30). The summed E-state index contributed by atoms with van der Waals surface area (Å²) in [6.45, 7) is 0.948. The largest absolute Gasteiger partial charge is 0.336 e. The molecule has 9 nitrogen and oxygen atoms in total. The summed E-state index contributed by atoms with van der Waals surface area (Å²) in [6, 6.07) is 12.5. The van der Waals surface area contributed by atoms with E-state index in [2.05, 4.69) is 10.1 Å². The lowest BCUT2D eigenvalue weighted by Gasteiger charge is -2.34. The maximum absolute atomic E-state index is 13.3. The van der Waals surface area contributed by atoms with Crippen LogP contribution < -0.4 is 5.56 Å². The zero-order valence-corrected chi connectivity index (χ0v) is 19.2. The van der Waals surface area contributed by atoms with Crippen molar-refractivity contribution >= 4 is 32.5 Å². The number of hydrogen-bond donors (Lipinski definition) is 1. The van der Waals surface area contributed by atoms with E-state index in [0.29, 0.717) is 21.4 Å². The fraction of sp³-hybridized carbons (Fsp3) is 0.292. The number of nitrogens with one attached hydrogen (secondary N) is 1. The van der Waals surface area contributed by atoms with Gasteiger partial charge in [0.1, 0.15) is 11.2 Å². The lowest BCUT2D eigenvalue weighted by Crippen LogP contribution is -2.50. The van der Waals surface area contributed by atoms with Gasteiger partial charge in [0.25, 0.3) is 11.5 Å². The third-order valence-corrected chi connectivity index (χ3v) is 8.74. The van der Waals surface area contributed by atoms with Gasteiger partial charge in [-0.05, 0) is 54.7 Å². The first-order valence-corrected chi connectivity index (χ1v) is 12.8. The lowest BCUT2D eigenvalue weighted by atomic mass is 10.1. The molecule has 2 aromatic carbocycles. The summed E-state index contributed by atoms with van der Waals surface area (Å²) in [5.74, 6) is -0.282. The Morgan fingerprint density at radius 1 is 0.971 bits per heavy atom. The van der Waals surface area contributed by atoms with Crippen LogP contribution in [0.4, 0.5) is 0 Å². The SMILES string of the molecule is O=C(c1cnn2c1[nH]c(=O)c1ccccc12)N1CCN(S(=O)(=O)c2ccc3c(c2)CCC3)CC1. The Morgan fingerprint density at radius 3 is 2.56 bits per heavy atom. The van der Waals surface area contributed by atoms with Gasteiger partial charge in [-0.1, -0.05) is 18.2 Å². The number of para-hydroxylation sites is 1. The van der Waals surface area contributed by atoms with Gasteiger partial charge in [-0.25, -0.2) is 12.9 Å². The number of aromatic nitrogens is 3. The smallest absolute Gasteiger partial charge is 0.259 e. The third kappa shape index (κ3) is 3.24. The van der Waals surface area contributed by atoms with E-state index in [4.69, 9.17) is 0 Å². The van der Waals surface area contributed by atoms with Gasteiger partial charge >= 0.3 is 0 Å². The van der Waals surface area contributed by atoms with Crippen LogP contribution in [0.5, 0.6) is 0 Å². The number of amides is 1. The van der Waals surface area contributed by atoms with Gasteiger partial charge < -0.3 is 9.88 Å². The molecule has 0 saturated carbocycles. The van der Waals surface area contributed by atoms with Gasteiger partial charge in [-0.3, -0.25) is 9.59 Å². The first-order valence-electron chi connectivity index (χ1n) is 11.3. The Labute approximate surface area is 195 Å². The summed E-state index contributed by atoms with van der Waals surface area (Å²) in [4.78, 5) is 30.5. The predicted molar refractivity (Wildman–Crippen MR) is 126 cm³/mol. The van der Waals surface area contributed by atoms with Gasteiger partial charge in [-0.2, -0.15) is 9.40 Å². The number of hydrogen-bond acceptors (Lipinski definition) is 5. The minimum atomic E-state index is -3.62. The number of benzene rings is 2. The second kappa shape index (κ2) is 7.78. The number of H-pyrrole nitrogens is 1. The molecule has 2 aromatic heterocycles. The molecule has 0 atom stereocenters. The zero-order valence-electron chi connectivity index (χ0n) is 18.4. The maximum Gasteiger partial charge on any atom is 0.259 e. The van der Waals surface area contributed by atoms with Crippen LogP contribution in [0.15, 0.2) is 58.4 Å². The first-order chi connectivity index (χ1) is 16.4. The van der Waals surface area contributed by atoms with Crippen molar-refractivity contribution in [2.45, 2.75) is 24.2 Å². The van der Waals surface area contributed by atoms with Crippen LogP contribution in [0.25, 0.3) is 16.6 Å². The van der Waals surface area contributed by atoms with E-state index in [1.807, 2.05) is 12.1 Å². The Bertz CT molecular complexity index is 1610. The summed E-state index contributed by atoms with van der Waals surface area (Å²) < 4.78 is 29.4. The number of nitrogens with zero attached hydrogens (tertiary/aromatic N) is 4. The Kier molecular flexibility index (Phi) is 4.82. The fourth-order valence-corrected chi connectivity index (χ4v) is 6.47. The monoisotopic (exact) mass is 477 g/mol. The van der Waals surface area contributed by atoms with Crippen molar-refractivity contribution in [1.82, 2.24) is 23.8 Å². The number of sulfonamides is 1. The molecular weight excluding hydrogens is 454 g/mol. The molecule has 6 rings (SSSR count). The molecule has 1 N–H and O–H groups in total. The molecule has 4 aromatic rings. The van der Waals surface area contributed by atoms with Gasteiger partial charge in [0, 0.05) is 26.2 Å². The normalized spacial score (nSPS) is 16.9. The molecule has 3 heterocycles. The number of carbonyl (C=O) groups excluding carboxylic acids is 1. The van der Waals surface area contributed by atoms with E-state index < -0.39 is 10.0 Å². The minimum Gasteiger partial charge on any atom is -0.336 e. The average molecular weight is 478 g/mol. The van der Waals surface area contributed by atoms with Gasteiger partial charge in [-0.15, -0.1) is 0 Å². The van der Waals surface area contributed by atoms with Gasteiger partial charge in [0.15, 0.2) is 0 Å². The minimum absolute atomic E-state index is 0.212. The molecule has 1 amide bonds. The molecule has 0 spiro atoms. The summed E-state index contributed by atoms with van der Waals surface area (Å²) in [5, 5.41) is 4.81. The maximum atomic E-state index is 13.3. The highest BCUT2D eigenvalue weighted by molar-refractivity contribution is 7.89. The van der Waals surface area contributed by atoms with Crippen molar-refractivity contribution in [3.05, 3.63) is 75.7 Å². The number of piperazine rings is 1. The van der Waals surface area contributed by atoms with Crippen molar-refractivity contribution in [2.75, 3.05) is 26.2 Å². The summed E-state index contributed by atoms with van der Waals surface area (Å²) in [5.41, 5.74) is 3.30. The molecule has 0 bridgehead atoms. The Hall–Kier alpha value is -3.50. The second-order valence-electron chi connectivity index (χ2n) is 8.77. The molecule has 0 unspecified atom stereocenters. The van der Waals surface area contributed by atoms with E-state index in [-0.39, 0.29) is 43.2 Å². The highest BCUT2D eigenvalue weighted by Gasteiger charge is 2.32. The number of aromatic amines is 1. The van der Waals surface area contributed by atoms with E-state index in [0.717, 1.165) is 24.8 Å². The van der Waals surface area contributed by atoms with Gasteiger partial charge in [0.2, 0.25) is 10.0 Å². The Morgan fingerprint density at radius 2 is 1.74 bits per heavy atom. The molecule has 0 radical (unpaired) electrons. The van der Waals surface area contributed by atoms with Crippen LogP contribution in [0.2, 0.25) is 0 Å². The average Bonchev–Trinajstić information content (AvgIpc) is 3.50. The topological polar surface area (TPSA) is 108 Å². The van der Waals surface area contributed by atoms with Crippen LogP contribution in [0.1, 0.15) is 27.9 Å². The van der Waals surface area contributed by atoms with E-state index in [1.54, 1.807) is 39.7 Å². The van der Waals surface area contributed by atoms with Crippen LogP contribution >= 0.6 is 0 Å². The van der Waals surface area contributed by atoms with Crippen LogP contribution in [-0.2, 0) is 22.9 Å². The molecule has 1 aliphatic carbocycles. The highest BCUT2D eigenvalue weighted by atomic mass is 32.2. The molecule has 2 aliphatic rings. The van der Waals surface area contributed by atoms with Crippen molar-refractivity contribution in [3.8, 4) is 0 Å². The number of rotatable bonds is 3. The lowest BCUT2D eigenvalue weighted by molar-refractivity contribution is 0.0699. The molecule has 1 fully saturated rings. The number of aryl methyl sites for hydroxylation is 2. The molecule has 174 valence electrons. The van der Waals surface area contributed by atoms with Crippen molar-refractivity contribution in [2.24, 2.45) is 0 Å². The van der Waals surface area contributed by atoms with Crippen molar-refractivity contribution in [1.29, 1.82) is 0 Å². The van der Waals surface area contributed by atoms with Crippen LogP contribution in [-0.4, -0.2) is 64.3 Å². The molecule has 34 heavy (non-hydrogen) atoms. The number of carbonyl (C=O) groups is 1. The summed E-state index contributed by atoms with van der Waals surface area (Å²) in [7, 11) is -3.62. The highest BCUT2D eigenvalue weighted by Crippen LogP contribution is 2.27. The summed E-state index contributed by atoms with van der Waals surface area (Å²) >= 11 is 0. The molecular formula is C24H23N5O4S. The van der Waals surface area contributed by atoms with Crippen LogP contribution in [0.3, 0.4) is 0 Å². The van der Waals surface area contributed by atoms with Crippen molar-refractivity contribution < 1.29 is 13.2 Å². The predicted octanol–water partition coefficient (Wildman–Crippen LogP) is 1.81. The molecule has 1 saturated heterocycles. The molecule has 1 aliphatic heterocycles. The number of fused-ring (bicyclic) bond motifs is 4. The molecule has 10 heteroatoms. The van der Waals surface area contributed by atoms with E-state index >= 15 is 0 Å². The third-order valence-electron chi connectivity index (χ3n) is 6.84. The first kappa shape index (κ1) is 21.1. The van der Waals surface area contributed by atoms with Crippen molar-refractivity contribution in [3.63, 3.8) is 0 Å².